The lowest BCUT2D eigenvalue weighted by atomic mass is 10.1. The molecule has 2 rings (SSSR count). The molecule has 0 bridgehead atoms. The summed E-state index contributed by atoms with van der Waals surface area (Å²) >= 11 is 2.01. The minimum absolute atomic E-state index is 0.0179. The number of carbonyl (C=O) groups excluding carboxylic acids is 2. The van der Waals surface area contributed by atoms with Crippen LogP contribution in [0.25, 0.3) is 6.08 Å². The molecule has 0 aliphatic rings. The van der Waals surface area contributed by atoms with Gasteiger partial charge in [0, 0.05) is 12.1 Å². The van der Waals surface area contributed by atoms with E-state index in [4.69, 9.17) is 20.5 Å². The quantitative estimate of drug-likeness (QED) is 0.186. The standard InChI is InChI=1S/C19H15IN4O6/c1-29-16-8-12(6-13(9-21)18(25)23-19(22)26)7-15(20)17(16)30-10-11-2-4-14(5-3-11)24(27)28/h2-8H,10H2,1H3,(H3,22,23,25,26)/b13-6-. The molecule has 2 aromatic rings. The van der Waals surface area contributed by atoms with Crippen LogP contribution in [0.15, 0.2) is 42.0 Å². The highest BCUT2D eigenvalue weighted by Crippen LogP contribution is 2.35. The summed E-state index contributed by atoms with van der Waals surface area (Å²) in [5, 5.41) is 21.7. The van der Waals surface area contributed by atoms with Crippen LogP contribution < -0.4 is 20.5 Å². The fourth-order valence-corrected chi connectivity index (χ4v) is 3.11. The van der Waals surface area contributed by atoms with Gasteiger partial charge >= 0.3 is 6.03 Å². The first-order chi connectivity index (χ1) is 14.2. The first-order valence-electron chi connectivity index (χ1n) is 8.21. The number of imide groups is 1. The predicted octanol–water partition coefficient (Wildman–Crippen LogP) is 2.89. The van der Waals surface area contributed by atoms with Crippen LogP contribution in [0.2, 0.25) is 0 Å². The Balaban J connectivity index is 2.25. The van der Waals surface area contributed by atoms with Crippen LogP contribution in [-0.4, -0.2) is 24.0 Å². The highest BCUT2D eigenvalue weighted by molar-refractivity contribution is 14.1. The summed E-state index contributed by atoms with van der Waals surface area (Å²) in [5.41, 5.74) is 5.75. The molecule has 0 spiro atoms. The summed E-state index contributed by atoms with van der Waals surface area (Å²) in [5.74, 6) is -0.145. The SMILES string of the molecule is COc1cc(/C=C(/C#N)C(=O)NC(N)=O)cc(I)c1OCc1ccc([N+](=O)[O-])cc1. The van der Waals surface area contributed by atoms with Gasteiger partial charge < -0.3 is 15.2 Å². The average Bonchev–Trinajstić information content (AvgIpc) is 2.70. The second-order valence-corrected chi connectivity index (χ2v) is 6.90. The van der Waals surface area contributed by atoms with Crippen molar-refractivity contribution in [1.29, 1.82) is 5.26 Å². The van der Waals surface area contributed by atoms with E-state index in [1.165, 1.54) is 25.3 Å². The molecule has 0 heterocycles. The smallest absolute Gasteiger partial charge is 0.319 e. The number of nitriles is 1. The normalized spacial score (nSPS) is 10.6. The van der Waals surface area contributed by atoms with Gasteiger partial charge in [-0.15, -0.1) is 0 Å². The van der Waals surface area contributed by atoms with E-state index in [2.05, 4.69) is 0 Å². The van der Waals surface area contributed by atoms with Crippen LogP contribution in [0, 0.1) is 25.0 Å². The van der Waals surface area contributed by atoms with Gasteiger partial charge in [-0.05, 0) is 64.1 Å². The van der Waals surface area contributed by atoms with Crippen molar-refractivity contribution in [3.05, 3.63) is 66.8 Å². The summed E-state index contributed by atoms with van der Waals surface area (Å²) in [4.78, 5) is 32.9. The van der Waals surface area contributed by atoms with E-state index in [1.54, 1.807) is 30.3 Å². The maximum atomic E-state index is 11.8. The van der Waals surface area contributed by atoms with Gasteiger partial charge in [-0.2, -0.15) is 5.26 Å². The Labute approximate surface area is 184 Å². The van der Waals surface area contributed by atoms with Crippen molar-refractivity contribution < 1.29 is 24.0 Å². The first kappa shape index (κ1) is 22.6. The lowest BCUT2D eigenvalue weighted by molar-refractivity contribution is -0.384. The number of hydrogen-bond donors (Lipinski definition) is 2. The van der Waals surface area contributed by atoms with E-state index >= 15 is 0 Å². The van der Waals surface area contributed by atoms with Crippen molar-refractivity contribution in [2.45, 2.75) is 6.61 Å². The summed E-state index contributed by atoms with van der Waals surface area (Å²) in [6, 6.07) is 9.80. The van der Waals surface area contributed by atoms with E-state index in [9.17, 15) is 19.7 Å². The van der Waals surface area contributed by atoms with Gasteiger partial charge in [0.15, 0.2) is 11.5 Å². The molecule has 30 heavy (non-hydrogen) atoms. The summed E-state index contributed by atoms with van der Waals surface area (Å²) in [7, 11) is 1.43. The predicted molar refractivity (Wildman–Crippen MR) is 114 cm³/mol. The molecule has 3 N–H and O–H groups in total. The van der Waals surface area contributed by atoms with Gasteiger partial charge in [0.25, 0.3) is 11.6 Å². The Hall–Kier alpha value is -3.66. The van der Waals surface area contributed by atoms with Gasteiger partial charge in [-0.3, -0.25) is 20.2 Å². The molecule has 10 nitrogen and oxygen atoms in total. The summed E-state index contributed by atoms with van der Waals surface area (Å²) in [6.07, 6.45) is 1.28. The number of nitro benzene ring substituents is 1. The lowest BCUT2D eigenvalue weighted by Crippen LogP contribution is -2.35. The van der Waals surface area contributed by atoms with Gasteiger partial charge in [-0.1, -0.05) is 0 Å². The number of hydrogen-bond acceptors (Lipinski definition) is 7. The molecule has 0 aliphatic heterocycles. The Morgan fingerprint density at radius 2 is 2.00 bits per heavy atom. The zero-order valence-corrected chi connectivity index (χ0v) is 17.7. The number of nitrogens with zero attached hydrogens (tertiary/aromatic N) is 2. The zero-order chi connectivity index (χ0) is 22.3. The monoisotopic (exact) mass is 522 g/mol. The molecule has 3 amide bonds. The first-order valence-corrected chi connectivity index (χ1v) is 9.29. The Morgan fingerprint density at radius 3 is 2.53 bits per heavy atom. The number of nitrogens with two attached hydrogens (primary N) is 1. The Morgan fingerprint density at radius 1 is 1.33 bits per heavy atom. The highest BCUT2D eigenvalue weighted by atomic mass is 127. The number of urea groups is 1. The van der Waals surface area contributed by atoms with Crippen molar-refractivity contribution in [2.24, 2.45) is 5.73 Å². The third-order valence-electron chi connectivity index (χ3n) is 3.69. The molecule has 0 saturated carbocycles. The number of benzene rings is 2. The largest absolute Gasteiger partial charge is 0.493 e. The van der Waals surface area contributed by atoms with Gasteiger partial charge in [-0.25, -0.2) is 4.79 Å². The average molecular weight is 522 g/mol. The summed E-state index contributed by atoms with van der Waals surface area (Å²) < 4.78 is 11.8. The van der Waals surface area contributed by atoms with E-state index in [1.807, 2.05) is 27.9 Å². The molecule has 2 aromatic carbocycles. The number of amides is 3. The van der Waals surface area contributed by atoms with Crippen molar-refractivity contribution in [3.8, 4) is 17.6 Å². The number of methoxy groups -OCH3 is 1. The van der Waals surface area contributed by atoms with E-state index < -0.39 is 16.9 Å². The Bertz CT molecular complexity index is 1060. The molecule has 0 saturated heterocycles. The summed E-state index contributed by atoms with van der Waals surface area (Å²) in [6.45, 7) is 0.143. The molecule has 0 atom stereocenters. The van der Waals surface area contributed by atoms with Crippen molar-refractivity contribution >= 4 is 46.3 Å². The number of rotatable bonds is 7. The number of nitrogens with one attached hydrogen (secondary N) is 1. The maximum Gasteiger partial charge on any atom is 0.319 e. The van der Waals surface area contributed by atoms with Crippen LogP contribution in [0.3, 0.4) is 0 Å². The molecule has 0 fully saturated rings. The number of carbonyl (C=O) groups is 2. The number of ether oxygens (including phenoxy) is 2. The zero-order valence-electron chi connectivity index (χ0n) is 15.5. The molecule has 154 valence electrons. The fourth-order valence-electron chi connectivity index (χ4n) is 2.33. The minimum Gasteiger partial charge on any atom is -0.493 e. The van der Waals surface area contributed by atoms with Gasteiger partial charge in [0.05, 0.1) is 15.6 Å². The van der Waals surface area contributed by atoms with Crippen LogP contribution in [0.4, 0.5) is 10.5 Å². The van der Waals surface area contributed by atoms with Crippen LogP contribution in [-0.2, 0) is 11.4 Å². The van der Waals surface area contributed by atoms with E-state index in [0.29, 0.717) is 20.6 Å². The topological polar surface area (TPSA) is 158 Å². The molecule has 0 unspecified atom stereocenters. The van der Waals surface area contributed by atoms with Crippen molar-refractivity contribution in [3.63, 3.8) is 0 Å². The second kappa shape index (κ2) is 10.2. The molecule has 11 heteroatoms. The highest BCUT2D eigenvalue weighted by Gasteiger charge is 2.15. The Kier molecular flexibility index (Phi) is 7.70. The minimum atomic E-state index is -1.07. The van der Waals surface area contributed by atoms with Crippen LogP contribution in [0.1, 0.15) is 11.1 Å². The number of halogens is 1. The molecule has 0 aromatic heterocycles. The third-order valence-corrected chi connectivity index (χ3v) is 4.50. The van der Waals surface area contributed by atoms with Crippen molar-refractivity contribution in [2.75, 3.05) is 7.11 Å². The molecular formula is C19H15IN4O6. The fraction of sp³-hybridized carbons (Fsp3) is 0.105. The van der Waals surface area contributed by atoms with Crippen LogP contribution >= 0.6 is 22.6 Å². The number of non-ortho nitro benzene ring substituents is 1. The molecule has 0 aliphatic carbocycles. The van der Waals surface area contributed by atoms with Gasteiger partial charge in [0.1, 0.15) is 18.2 Å². The van der Waals surface area contributed by atoms with E-state index in [0.717, 1.165) is 5.56 Å². The molecular weight excluding hydrogens is 507 g/mol. The third kappa shape index (κ3) is 5.92. The molecule has 0 radical (unpaired) electrons. The lowest BCUT2D eigenvalue weighted by Gasteiger charge is -2.14. The van der Waals surface area contributed by atoms with Crippen LogP contribution in [0.5, 0.6) is 11.5 Å². The second-order valence-electron chi connectivity index (χ2n) is 5.73. The maximum absolute atomic E-state index is 11.8. The van der Waals surface area contributed by atoms with Crippen molar-refractivity contribution in [1.82, 2.24) is 5.32 Å². The van der Waals surface area contributed by atoms with Gasteiger partial charge in [0.2, 0.25) is 0 Å². The van der Waals surface area contributed by atoms with E-state index in [-0.39, 0.29) is 17.9 Å². The number of primary amides is 1. The number of nitro groups is 1.